The van der Waals surface area contributed by atoms with Gasteiger partial charge in [-0.25, -0.2) is 0 Å². The highest BCUT2D eigenvalue weighted by molar-refractivity contribution is 8.02. The molecule has 2 rings (SSSR count). The minimum absolute atomic E-state index is 0.00517. The minimum atomic E-state index is -4.20. The van der Waals surface area contributed by atoms with E-state index >= 15 is 0 Å². The van der Waals surface area contributed by atoms with E-state index in [1.807, 2.05) is 49.5 Å². The average Bonchev–Trinajstić information content (AvgIpc) is 2.67. The molecule has 0 radical (unpaired) electrons. The molecule has 0 atom stereocenters. The molecule has 6 nitrogen and oxygen atoms in total. The highest BCUT2D eigenvalue weighted by Crippen LogP contribution is 2.21. The van der Waals surface area contributed by atoms with Gasteiger partial charge in [-0.05, 0) is 74.3 Å². The first kappa shape index (κ1) is 27.2. The van der Waals surface area contributed by atoms with Gasteiger partial charge in [-0.15, -0.1) is 0 Å². The highest BCUT2D eigenvalue weighted by atomic mass is 32.2. The smallest absolute Gasteiger partial charge is 0.282 e. The predicted octanol–water partition coefficient (Wildman–Crippen LogP) is 4.83. The van der Waals surface area contributed by atoms with Gasteiger partial charge in [-0.2, -0.15) is 40.4 Å². The van der Waals surface area contributed by atoms with Crippen molar-refractivity contribution in [3.8, 4) is 0 Å². The zero-order chi connectivity index (χ0) is 23.8. The quantitative estimate of drug-likeness (QED) is 0.287. The second kappa shape index (κ2) is 12.4. The summed E-state index contributed by atoms with van der Waals surface area (Å²) in [4.78, 5) is -0.0103. The highest BCUT2D eigenvalue weighted by Gasteiger charge is 2.16. The Hall–Kier alpha value is -1.04. The lowest BCUT2D eigenvalue weighted by Crippen LogP contribution is -2.04. The third-order valence-corrected chi connectivity index (χ3v) is 9.14. The average molecular weight is 519 g/mol. The SMILES string of the molecule is Cc1ccc(S(=O)(=O)O)c(CCCSCCSCCCc2cc(C)ccc2S(=O)(=O)O)c1. The summed E-state index contributed by atoms with van der Waals surface area (Å²) in [5, 5.41) is 0. The molecule has 0 aliphatic heterocycles. The number of aryl methyl sites for hydroxylation is 4. The molecule has 0 spiro atoms. The summed E-state index contributed by atoms with van der Waals surface area (Å²) in [7, 11) is -8.40. The van der Waals surface area contributed by atoms with E-state index in [1.54, 1.807) is 12.1 Å². The van der Waals surface area contributed by atoms with Crippen LogP contribution in [-0.4, -0.2) is 49.0 Å². The number of rotatable bonds is 13. The standard InChI is InChI=1S/C22H30O6S4/c1-17-7-9-21(31(23,24)25)19(15-17)5-3-11-29-13-14-30-12-4-6-20-16-18(2)8-10-22(20)32(26,27)28/h7-10,15-16H,3-6,11-14H2,1-2H3,(H,23,24,25)(H,26,27,28). The van der Waals surface area contributed by atoms with Crippen LogP contribution in [0.15, 0.2) is 46.2 Å². The summed E-state index contributed by atoms with van der Waals surface area (Å²) >= 11 is 3.61. The van der Waals surface area contributed by atoms with Crippen molar-refractivity contribution in [3.05, 3.63) is 58.7 Å². The first-order valence-corrected chi connectivity index (χ1v) is 15.5. The summed E-state index contributed by atoms with van der Waals surface area (Å²) in [5.74, 6) is 3.76. The Morgan fingerprint density at radius 2 is 1.03 bits per heavy atom. The van der Waals surface area contributed by atoms with Crippen LogP contribution in [0.1, 0.15) is 35.1 Å². The van der Waals surface area contributed by atoms with Crippen LogP contribution >= 0.6 is 23.5 Å². The molecule has 2 aromatic carbocycles. The summed E-state index contributed by atoms with van der Waals surface area (Å²) in [6.45, 7) is 3.79. The van der Waals surface area contributed by atoms with Crippen LogP contribution in [-0.2, 0) is 33.1 Å². The summed E-state index contributed by atoms with van der Waals surface area (Å²) in [6, 6.07) is 9.90. The van der Waals surface area contributed by atoms with Crippen LogP contribution in [0.25, 0.3) is 0 Å². The lowest BCUT2D eigenvalue weighted by atomic mass is 10.1. The monoisotopic (exact) mass is 518 g/mol. The van der Waals surface area contributed by atoms with Crippen molar-refractivity contribution < 1.29 is 25.9 Å². The zero-order valence-electron chi connectivity index (χ0n) is 18.3. The van der Waals surface area contributed by atoms with Crippen molar-refractivity contribution in [3.63, 3.8) is 0 Å². The van der Waals surface area contributed by atoms with E-state index in [-0.39, 0.29) is 9.79 Å². The van der Waals surface area contributed by atoms with Gasteiger partial charge in [0.2, 0.25) is 0 Å². The second-order valence-corrected chi connectivity index (χ2v) is 12.8. The molecule has 0 unspecified atom stereocenters. The zero-order valence-corrected chi connectivity index (χ0v) is 21.5. The lowest BCUT2D eigenvalue weighted by molar-refractivity contribution is 0.479. The van der Waals surface area contributed by atoms with Gasteiger partial charge in [0.15, 0.2) is 0 Å². The van der Waals surface area contributed by atoms with Gasteiger partial charge in [0, 0.05) is 11.5 Å². The van der Waals surface area contributed by atoms with Gasteiger partial charge >= 0.3 is 0 Å². The molecule has 2 aromatic rings. The van der Waals surface area contributed by atoms with Gasteiger partial charge in [0.25, 0.3) is 20.2 Å². The molecule has 178 valence electrons. The lowest BCUT2D eigenvalue weighted by Gasteiger charge is -2.09. The topological polar surface area (TPSA) is 109 Å². The minimum Gasteiger partial charge on any atom is -0.282 e. The molecule has 0 bridgehead atoms. The van der Waals surface area contributed by atoms with Crippen molar-refractivity contribution in [1.82, 2.24) is 0 Å². The molecule has 0 fully saturated rings. The van der Waals surface area contributed by atoms with Gasteiger partial charge in [0.05, 0.1) is 9.79 Å². The van der Waals surface area contributed by atoms with Gasteiger partial charge in [-0.3, -0.25) is 9.11 Å². The first-order chi connectivity index (χ1) is 15.0. The van der Waals surface area contributed by atoms with Crippen LogP contribution in [0, 0.1) is 13.8 Å². The number of hydrogen-bond donors (Lipinski definition) is 2. The molecule has 10 heteroatoms. The summed E-state index contributed by atoms with van der Waals surface area (Å²) in [5.41, 5.74) is 3.24. The van der Waals surface area contributed by atoms with E-state index in [1.165, 1.54) is 12.1 Å². The van der Waals surface area contributed by atoms with E-state index in [0.29, 0.717) is 24.0 Å². The molecule has 0 aliphatic rings. The summed E-state index contributed by atoms with van der Waals surface area (Å²) in [6.07, 6.45) is 2.85. The van der Waals surface area contributed by atoms with Crippen LogP contribution in [0.4, 0.5) is 0 Å². The summed E-state index contributed by atoms with van der Waals surface area (Å²) < 4.78 is 64.8. The van der Waals surface area contributed by atoms with Gasteiger partial charge in [0.1, 0.15) is 0 Å². The van der Waals surface area contributed by atoms with E-state index in [2.05, 4.69) is 0 Å². The number of benzene rings is 2. The Kier molecular flexibility index (Phi) is 10.6. The maximum absolute atomic E-state index is 11.5. The fraction of sp³-hybridized carbons (Fsp3) is 0.455. The van der Waals surface area contributed by atoms with Crippen molar-refractivity contribution in [2.24, 2.45) is 0 Å². The first-order valence-electron chi connectivity index (χ1n) is 10.3. The molecule has 0 amide bonds. The van der Waals surface area contributed by atoms with E-state index in [9.17, 15) is 25.9 Å². The largest absolute Gasteiger partial charge is 0.294 e. The van der Waals surface area contributed by atoms with E-state index < -0.39 is 20.2 Å². The fourth-order valence-corrected chi connectivity index (χ4v) is 6.87. The molecule has 0 saturated carbocycles. The van der Waals surface area contributed by atoms with Crippen molar-refractivity contribution in [1.29, 1.82) is 0 Å². The molecule has 2 N–H and O–H groups in total. The fourth-order valence-electron chi connectivity index (χ4n) is 3.36. The van der Waals surface area contributed by atoms with Crippen molar-refractivity contribution in [2.45, 2.75) is 49.3 Å². The maximum atomic E-state index is 11.5. The molecule has 0 aliphatic carbocycles. The van der Waals surface area contributed by atoms with E-state index in [4.69, 9.17) is 0 Å². The van der Waals surface area contributed by atoms with Crippen LogP contribution < -0.4 is 0 Å². The normalized spacial score (nSPS) is 12.2. The van der Waals surface area contributed by atoms with Crippen LogP contribution in [0.5, 0.6) is 0 Å². The molecular weight excluding hydrogens is 489 g/mol. The number of hydrogen-bond acceptors (Lipinski definition) is 6. The Labute approximate surface area is 200 Å². The molecule has 32 heavy (non-hydrogen) atoms. The van der Waals surface area contributed by atoms with Crippen molar-refractivity contribution >= 4 is 43.8 Å². The Balaban J connectivity index is 1.65. The van der Waals surface area contributed by atoms with Crippen molar-refractivity contribution in [2.75, 3.05) is 23.0 Å². The van der Waals surface area contributed by atoms with Crippen LogP contribution in [0.2, 0.25) is 0 Å². The van der Waals surface area contributed by atoms with E-state index in [0.717, 1.165) is 47.0 Å². The third kappa shape index (κ3) is 9.07. The number of thioether (sulfide) groups is 2. The predicted molar refractivity (Wildman–Crippen MR) is 133 cm³/mol. The second-order valence-electron chi connectivity index (χ2n) is 7.60. The molecule has 0 saturated heterocycles. The Morgan fingerprint density at radius 1 is 0.656 bits per heavy atom. The molecule has 0 heterocycles. The van der Waals surface area contributed by atoms with Crippen LogP contribution in [0.3, 0.4) is 0 Å². The third-order valence-electron chi connectivity index (χ3n) is 4.83. The molecule has 0 aromatic heterocycles. The Morgan fingerprint density at radius 3 is 1.38 bits per heavy atom. The molecular formula is C22H30O6S4. The van der Waals surface area contributed by atoms with Gasteiger partial charge < -0.3 is 0 Å². The van der Waals surface area contributed by atoms with Gasteiger partial charge in [-0.1, -0.05) is 35.4 Å². The Bertz CT molecular complexity index is 1020. The maximum Gasteiger partial charge on any atom is 0.294 e.